The molecule has 3 nitrogen and oxygen atoms in total. The molecule has 0 saturated carbocycles. The number of unbranched alkanes of at least 4 members (excludes halogenated alkanes) is 1. The van der Waals surface area contributed by atoms with E-state index in [1.54, 1.807) is 13.2 Å². The molecule has 0 fully saturated rings. The molecule has 1 aromatic rings. The third-order valence-electron chi connectivity index (χ3n) is 1.81. The SMILES string of the molecule is COCCCCNc1ccc(F)cn1. The lowest BCUT2D eigenvalue weighted by atomic mass is 10.3. The van der Waals surface area contributed by atoms with Crippen LogP contribution in [0.2, 0.25) is 0 Å². The molecule has 78 valence electrons. The summed E-state index contributed by atoms with van der Waals surface area (Å²) in [4.78, 5) is 3.88. The summed E-state index contributed by atoms with van der Waals surface area (Å²) < 4.78 is 17.4. The Morgan fingerprint density at radius 2 is 2.29 bits per heavy atom. The van der Waals surface area contributed by atoms with Gasteiger partial charge in [0.25, 0.3) is 0 Å². The highest BCUT2D eigenvalue weighted by Gasteiger charge is 1.93. The monoisotopic (exact) mass is 198 g/mol. The summed E-state index contributed by atoms with van der Waals surface area (Å²) >= 11 is 0. The summed E-state index contributed by atoms with van der Waals surface area (Å²) in [6.45, 7) is 1.61. The van der Waals surface area contributed by atoms with Gasteiger partial charge in [0.05, 0.1) is 6.20 Å². The van der Waals surface area contributed by atoms with E-state index in [0.717, 1.165) is 26.0 Å². The zero-order chi connectivity index (χ0) is 10.2. The van der Waals surface area contributed by atoms with Crippen molar-refractivity contribution in [3.8, 4) is 0 Å². The first kappa shape index (κ1) is 10.9. The minimum absolute atomic E-state index is 0.310. The molecule has 0 unspecified atom stereocenters. The van der Waals surface area contributed by atoms with E-state index >= 15 is 0 Å². The maximum absolute atomic E-state index is 12.5. The van der Waals surface area contributed by atoms with Crippen LogP contribution in [0.25, 0.3) is 0 Å². The molecule has 0 aliphatic carbocycles. The molecule has 0 saturated heterocycles. The summed E-state index contributed by atoms with van der Waals surface area (Å²) in [6.07, 6.45) is 3.25. The predicted molar refractivity (Wildman–Crippen MR) is 53.8 cm³/mol. The molecule has 0 aliphatic rings. The molecule has 4 heteroatoms. The van der Waals surface area contributed by atoms with Crippen LogP contribution in [0, 0.1) is 5.82 Å². The minimum Gasteiger partial charge on any atom is -0.385 e. The van der Waals surface area contributed by atoms with Crippen molar-refractivity contribution in [3.63, 3.8) is 0 Å². The average molecular weight is 198 g/mol. The molecule has 0 amide bonds. The van der Waals surface area contributed by atoms with E-state index in [-0.39, 0.29) is 5.82 Å². The van der Waals surface area contributed by atoms with Crippen LogP contribution in [0.1, 0.15) is 12.8 Å². The van der Waals surface area contributed by atoms with Gasteiger partial charge in [0.2, 0.25) is 0 Å². The van der Waals surface area contributed by atoms with Crippen molar-refractivity contribution in [1.82, 2.24) is 4.98 Å². The van der Waals surface area contributed by atoms with Gasteiger partial charge in [0.1, 0.15) is 11.6 Å². The lowest BCUT2D eigenvalue weighted by molar-refractivity contribution is 0.194. The number of nitrogens with zero attached hydrogens (tertiary/aromatic N) is 1. The van der Waals surface area contributed by atoms with Crippen molar-refractivity contribution in [3.05, 3.63) is 24.1 Å². The van der Waals surface area contributed by atoms with Crippen molar-refractivity contribution in [2.45, 2.75) is 12.8 Å². The summed E-state index contributed by atoms with van der Waals surface area (Å²) in [7, 11) is 1.69. The molecule has 1 N–H and O–H groups in total. The summed E-state index contributed by atoms with van der Waals surface area (Å²) in [5.41, 5.74) is 0. The second kappa shape index (κ2) is 6.32. The zero-order valence-electron chi connectivity index (χ0n) is 8.29. The van der Waals surface area contributed by atoms with Crippen LogP contribution in [-0.4, -0.2) is 25.2 Å². The fraction of sp³-hybridized carbons (Fsp3) is 0.500. The largest absolute Gasteiger partial charge is 0.385 e. The molecule has 0 aromatic carbocycles. The van der Waals surface area contributed by atoms with Gasteiger partial charge in [0.15, 0.2) is 0 Å². The van der Waals surface area contributed by atoms with Crippen molar-refractivity contribution < 1.29 is 9.13 Å². The first-order valence-corrected chi connectivity index (χ1v) is 4.67. The number of pyridine rings is 1. The number of aromatic nitrogens is 1. The molecular formula is C10H15FN2O. The van der Waals surface area contributed by atoms with Gasteiger partial charge in [-0.05, 0) is 25.0 Å². The maximum Gasteiger partial charge on any atom is 0.141 e. The average Bonchev–Trinajstić information content (AvgIpc) is 2.21. The topological polar surface area (TPSA) is 34.1 Å². The Balaban J connectivity index is 2.15. The van der Waals surface area contributed by atoms with E-state index in [2.05, 4.69) is 10.3 Å². The fourth-order valence-corrected chi connectivity index (χ4v) is 1.07. The number of nitrogens with one attached hydrogen (secondary N) is 1. The van der Waals surface area contributed by atoms with E-state index in [1.807, 2.05) is 0 Å². The molecule has 0 radical (unpaired) electrons. The molecular weight excluding hydrogens is 183 g/mol. The van der Waals surface area contributed by atoms with Gasteiger partial charge in [-0.15, -0.1) is 0 Å². The highest BCUT2D eigenvalue weighted by atomic mass is 19.1. The normalized spacial score (nSPS) is 10.1. The van der Waals surface area contributed by atoms with Crippen LogP contribution >= 0.6 is 0 Å². The smallest absolute Gasteiger partial charge is 0.141 e. The quantitative estimate of drug-likeness (QED) is 0.710. The number of anilines is 1. The summed E-state index contributed by atoms with van der Waals surface area (Å²) in [6, 6.07) is 3.02. The van der Waals surface area contributed by atoms with E-state index in [4.69, 9.17) is 4.74 Å². The van der Waals surface area contributed by atoms with Crippen LogP contribution in [0.5, 0.6) is 0 Å². The molecule has 14 heavy (non-hydrogen) atoms. The molecule has 0 spiro atoms. The first-order valence-electron chi connectivity index (χ1n) is 4.67. The van der Waals surface area contributed by atoms with Crippen LogP contribution < -0.4 is 5.32 Å². The van der Waals surface area contributed by atoms with Gasteiger partial charge in [-0.25, -0.2) is 9.37 Å². The van der Waals surface area contributed by atoms with Gasteiger partial charge in [-0.3, -0.25) is 0 Å². The molecule has 1 rings (SSSR count). The van der Waals surface area contributed by atoms with E-state index in [0.29, 0.717) is 5.82 Å². The van der Waals surface area contributed by atoms with Gasteiger partial charge in [-0.1, -0.05) is 0 Å². The van der Waals surface area contributed by atoms with Gasteiger partial charge in [0, 0.05) is 20.3 Å². The number of rotatable bonds is 6. The first-order chi connectivity index (χ1) is 6.83. The highest BCUT2D eigenvalue weighted by Crippen LogP contribution is 2.03. The Kier molecular flexibility index (Phi) is 4.93. The van der Waals surface area contributed by atoms with Crippen LogP contribution in [-0.2, 0) is 4.74 Å². The van der Waals surface area contributed by atoms with Gasteiger partial charge in [-0.2, -0.15) is 0 Å². The van der Waals surface area contributed by atoms with Crippen molar-refractivity contribution in [2.24, 2.45) is 0 Å². The number of ether oxygens (including phenoxy) is 1. The molecule has 0 atom stereocenters. The number of hydrogen-bond acceptors (Lipinski definition) is 3. The van der Waals surface area contributed by atoms with Crippen LogP contribution in [0.4, 0.5) is 10.2 Å². The second-order valence-electron chi connectivity index (χ2n) is 2.99. The van der Waals surface area contributed by atoms with E-state index in [9.17, 15) is 4.39 Å². The van der Waals surface area contributed by atoms with Crippen molar-refractivity contribution in [1.29, 1.82) is 0 Å². The zero-order valence-corrected chi connectivity index (χ0v) is 8.29. The van der Waals surface area contributed by atoms with E-state index in [1.165, 1.54) is 12.3 Å². The Morgan fingerprint density at radius 3 is 2.93 bits per heavy atom. The van der Waals surface area contributed by atoms with Crippen molar-refractivity contribution >= 4 is 5.82 Å². The number of halogens is 1. The number of hydrogen-bond donors (Lipinski definition) is 1. The third-order valence-corrected chi connectivity index (χ3v) is 1.81. The van der Waals surface area contributed by atoms with Crippen LogP contribution in [0.15, 0.2) is 18.3 Å². The Bertz CT molecular complexity index is 251. The Morgan fingerprint density at radius 1 is 1.43 bits per heavy atom. The maximum atomic E-state index is 12.5. The van der Waals surface area contributed by atoms with Gasteiger partial charge >= 0.3 is 0 Å². The standard InChI is InChI=1S/C10H15FN2O/c1-14-7-3-2-6-12-10-5-4-9(11)8-13-10/h4-5,8H,2-3,6-7H2,1H3,(H,12,13). The van der Waals surface area contributed by atoms with E-state index < -0.39 is 0 Å². The summed E-state index contributed by atoms with van der Waals surface area (Å²) in [5, 5.41) is 3.10. The molecule has 1 aromatic heterocycles. The molecule has 1 heterocycles. The second-order valence-corrected chi connectivity index (χ2v) is 2.99. The predicted octanol–water partition coefficient (Wildman–Crippen LogP) is 2.06. The molecule has 0 bridgehead atoms. The fourth-order valence-electron chi connectivity index (χ4n) is 1.07. The van der Waals surface area contributed by atoms with Crippen LogP contribution in [0.3, 0.4) is 0 Å². The highest BCUT2D eigenvalue weighted by molar-refractivity contribution is 5.33. The number of methoxy groups -OCH3 is 1. The Hall–Kier alpha value is -1.16. The third kappa shape index (κ3) is 4.18. The lowest BCUT2D eigenvalue weighted by Gasteiger charge is -2.04. The minimum atomic E-state index is -0.310. The molecule has 0 aliphatic heterocycles. The summed E-state index contributed by atoms with van der Waals surface area (Å²) in [5.74, 6) is 0.402. The van der Waals surface area contributed by atoms with Crippen molar-refractivity contribution in [2.75, 3.05) is 25.6 Å². The lowest BCUT2D eigenvalue weighted by Crippen LogP contribution is -2.04. The van der Waals surface area contributed by atoms with Gasteiger partial charge < -0.3 is 10.1 Å². The Labute approximate surface area is 83.3 Å².